The summed E-state index contributed by atoms with van der Waals surface area (Å²) in [6.45, 7) is 0.0716. The molecule has 0 aromatic heterocycles. The van der Waals surface area contributed by atoms with Crippen molar-refractivity contribution < 1.29 is 41.2 Å². The molecule has 2 saturated heterocycles. The van der Waals surface area contributed by atoms with Gasteiger partial charge in [0, 0.05) is 12.7 Å². The fraction of sp³-hybridized carbons (Fsp3) is 0.571. The summed E-state index contributed by atoms with van der Waals surface area (Å²) in [6, 6.07) is 8.99. The highest BCUT2D eigenvalue weighted by molar-refractivity contribution is 7.80. The lowest BCUT2D eigenvalue weighted by Crippen LogP contribution is -2.63. The molecule has 2 aliphatic heterocycles. The number of fused-ring (bicyclic) bond motifs is 1. The highest BCUT2D eigenvalue weighted by atomic mass is 32.3. The Bertz CT molecular complexity index is 649. The van der Waals surface area contributed by atoms with E-state index < -0.39 is 47.4 Å². The van der Waals surface area contributed by atoms with Gasteiger partial charge in [-0.1, -0.05) is 30.3 Å². The molecule has 2 aliphatic rings. The number of methoxy groups -OCH3 is 1. The van der Waals surface area contributed by atoms with Gasteiger partial charge in [0.15, 0.2) is 12.6 Å². The van der Waals surface area contributed by atoms with E-state index in [-0.39, 0.29) is 6.61 Å². The molecule has 2 heterocycles. The third-order valence-corrected chi connectivity index (χ3v) is 4.31. The molecule has 0 spiro atoms. The van der Waals surface area contributed by atoms with Gasteiger partial charge in [0.25, 0.3) is 0 Å². The van der Waals surface area contributed by atoms with Crippen LogP contribution >= 0.6 is 0 Å². The minimum absolute atomic E-state index is 0.0716. The van der Waals surface area contributed by atoms with E-state index in [1.165, 1.54) is 7.11 Å². The first kappa shape index (κ1) is 17.7. The fourth-order valence-corrected chi connectivity index (χ4v) is 3.29. The van der Waals surface area contributed by atoms with E-state index in [9.17, 15) is 13.5 Å². The van der Waals surface area contributed by atoms with Gasteiger partial charge >= 0.3 is 10.4 Å². The maximum absolute atomic E-state index is 11.1. The van der Waals surface area contributed by atoms with E-state index in [0.717, 1.165) is 0 Å². The third kappa shape index (κ3) is 3.76. The Labute approximate surface area is 139 Å². The largest absolute Gasteiger partial charge is 0.397 e. The highest BCUT2D eigenvalue weighted by Crippen LogP contribution is 2.35. The van der Waals surface area contributed by atoms with Crippen molar-refractivity contribution in [1.29, 1.82) is 0 Å². The Kier molecular flexibility index (Phi) is 5.18. The van der Waals surface area contributed by atoms with Gasteiger partial charge in [-0.05, 0) is 0 Å². The normalized spacial score (nSPS) is 37.0. The number of aliphatic hydroxyl groups is 1. The van der Waals surface area contributed by atoms with Crippen LogP contribution in [0.15, 0.2) is 30.3 Å². The van der Waals surface area contributed by atoms with Crippen LogP contribution in [0, 0.1) is 0 Å². The molecule has 0 saturated carbocycles. The van der Waals surface area contributed by atoms with E-state index in [4.69, 9.17) is 23.5 Å². The molecule has 24 heavy (non-hydrogen) atoms. The zero-order valence-electron chi connectivity index (χ0n) is 12.7. The smallest absolute Gasteiger partial charge is 0.385 e. The highest BCUT2D eigenvalue weighted by Gasteiger charge is 2.51. The van der Waals surface area contributed by atoms with Gasteiger partial charge in [-0.25, -0.2) is 4.18 Å². The summed E-state index contributed by atoms with van der Waals surface area (Å²) < 4.78 is 57.6. The van der Waals surface area contributed by atoms with E-state index in [0.29, 0.717) is 5.56 Å². The molecule has 1 unspecified atom stereocenters. The lowest BCUT2D eigenvalue weighted by Gasteiger charge is -2.46. The van der Waals surface area contributed by atoms with Crippen molar-refractivity contribution in [2.45, 2.75) is 37.0 Å². The van der Waals surface area contributed by atoms with Crippen molar-refractivity contribution in [3.05, 3.63) is 35.9 Å². The van der Waals surface area contributed by atoms with Crippen molar-refractivity contribution in [1.82, 2.24) is 0 Å². The zero-order chi connectivity index (χ0) is 17.3. The summed E-state index contributed by atoms with van der Waals surface area (Å²) in [5, 5.41) is 10.2. The van der Waals surface area contributed by atoms with Crippen LogP contribution < -0.4 is 0 Å². The number of ether oxygens (including phenoxy) is 4. The van der Waals surface area contributed by atoms with E-state index in [1.54, 1.807) is 24.3 Å². The lowest BCUT2D eigenvalue weighted by atomic mass is 9.98. The Morgan fingerprint density at radius 1 is 1.21 bits per heavy atom. The average molecular weight is 362 g/mol. The van der Waals surface area contributed by atoms with Crippen LogP contribution in [0.5, 0.6) is 0 Å². The van der Waals surface area contributed by atoms with Gasteiger partial charge < -0.3 is 24.1 Å². The van der Waals surface area contributed by atoms with Crippen LogP contribution in [0.25, 0.3) is 0 Å². The first-order chi connectivity index (χ1) is 11.4. The fourth-order valence-electron chi connectivity index (χ4n) is 2.79. The second-order valence-corrected chi connectivity index (χ2v) is 6.48. The predicted molar refractivity (Wildman–Crippen MR) is 78.1 cm³/mol. The van der Waals surface area contributed by atoms with E-state index >= 15 is 0 Å². The Morgan fingerprint density at radius 2 is 1.92 bits per heavy atom. The van der Waals surface area contributed by atoms with Gasteiger partial charge in [-0.2, -0.15) is 8.42 Å². The van der Waals surface area contributed by atoms with E-state index in [2.05, 4.69) is 4.18 Å². The van der Waals surface area contributed by atoms with Gasteiger partial charge in [-0.3, -0.25) is 4.55 Å². The molecule has 1 aromatic carbocycles. The second kappa shape index (κ2) is 7.02. The van der Waals surface area contributed by atoms with Crippen molar-refractivity contribution in [2.24, 2.45) is 0 Å². The van der Waals surface area contributed by atoms with Gasteiger partial charge in [0.2, 0.25) is 0 Å². The number of rotatable bonds is 4. The van der Waals surface area contributed by atoms with Crippen molar-refractivity contribution in [2.75, 3.05) is 13.7 Å². The summed E-state index contributed by atoms with van der Waals surface area (Å²) in [4.78, 5) is 0. The number of benzene rings is 1. The number of hydrogen-bond acceptors (Lipinski definition) is 8. The quantitative estimate of drug-likeness (QED) is 0.714. The first-order valence-corrected chi connectivity index (χ1v) is 8.59. The summed E-state index contributed by atoms with van der Waals surface area (Å²) in [6.07, 6.45) is -6.52. The summed E-state index contributed by atoms with van der Waals surface area (Å²) >= 11 is 0. The van der Waals surface area contributed by atoms with Gasteiger partial charge in [-0.15, -0.1) is 0 Å². The first-order valence-electron chi connectivity index (χ1n) is 7.23. The average Bonchev–Trinajstić information content (AvgIpc) is 2.56. The summed E-state index contributed by atoms with van der Waals surface area (Å²) in [5.41, 5.74) is 0.713. The standard InChI is InChI=1S/C14H18O9S/c1-19-14-10(15)12(23-24(16,17)18)11-9(21-14)7-20-13(22-11)8-5-3-2-4-6-8/h2-6,9-15H,7H2,1H3,(H,16,17,18)/t9-,10+,11-,12-,13?,14+/m1/s1. The second-order valence-electron chi connectivity index (χ2n) is 5.43. The van der Waals surface area contributed by atoms with Crippen LogP contribution in [-0.4, -0.2) is 62.5 Å². The van der Waals surface area contributed by atoms with Crippen LogP contribution in [0.3, 0.4) is 0 Å². The van der Waals surface area contributed by atoms with Crippen molar-refractivity contribution in [3.8, 4) is 0 Å². The van der Waals surface area contributed by atoms with Crippen LogP contribution in [0.2, 0.25) is 0 Å². The molecule has 2 N–H and O–H groups in total. The molecule has 134 valence electrons. The molecular formula is C14H18O9S. The third-order valence-electron chi connectivity index (χ3n) is 3.84. The maximum Gasteiger partial charge on any atom is 0.397 e. The molecule has 2 fully saturated rings. The maximum atomic E-state index is 11.1. The molecule has 0 radical (unpaired) electrons. The Hall–Kier alpha value is -1.11. The Balaban J connectivity index is 1.84. The molecule has 0 aliphatic carbocycles. The minimum Gasteiger partial charge on any atom is -0.385 e. The monoisotopic (exact) mass is 362 g/mol. The van der Waals surface area contributed by atoms with Crippen molar-refractivity contribution >= 4 is 10.4 Å². The molecule has 9 nitrogen and oxygen atoms in total. The van der Waals surface area contributed by atoms with Gasteiger partial charge in [0.1, 0.15) is 24.4 Å². The molecule has 0 bridgehead atoms. The molecule has 1 aromatic rings. The SMILES string of the molecule is CO[C@H]1O[C@@H]2COC(c3ccccc3)O[C@H]2[C@H](OS(=O)(=O)O)[C@@H]1O. The minimum atomic E-state index is -4.81. The summed E-state index contributed by atoms with van der Waals surface area (Å²) in [5.74, 6) is 0. The van der Waals surface area contributed by atoms with Crippen LogP contribution in [0.4, 0.5) is 0 Å². The van der Waals surface area contributed by atoms with Crippen molar-refractivity contribution in [3.63, 3.8) is 0 Å². The van der Waals surface area contributed by atoms with E-state index in [1.807, 2.05) is 6.07 Å². The van der Waals surface area contributed by atoms with Crippen LogP contribution in [0.1, 0.15) is 11.9 Å². The molecule has 3 rings (SSSR count). The predicted octanol–water partition coefficient (Wildman–Crippen LogP) is 0.0208. The molecule has 6 atom stereocenters. The molecule has 0 amide bonds. The van der Waals surface area contributed by atoms with Crippen LogP contribution in [-0.2, 0) is 33.5 Å². The molecular weight excluding hydrogens is 344 g/mol. The topological polar surface area (TPSA) is 121 Å². The number of hydrogen-bond donors (Lipinski definition) is 2. The lowest BCUT2D eigenvalue weighted by molar-refractivity contribution is -0.355. The molecule has 10 heteroatoms. The zero-order valence-corrected chi connectivity index (χ0v) is 13.5. The number of aliphatic hydroxyl groups excluding tert-OH is 1. The van der Waals surface area contributed by atoms with Gasteiger partial charge in [0.05, 0.1) is 6.61 Å². The Morgan fingerprint density at radius 3 is 2.54 bits per heavy atom. The summed E-state index contributed by atoms with van der Waals surface area (Å²) in [7, 11) is -3.53.